The number of anilines is 1. The average Bonchev–Trinajstić information content (AvgIpc) is 3.43. The van der Waals surface area contributed by atoms with Crippen molar-refractivity contribution in [2.75, 3.05) is 11.5 Å². The van der Waals surface area contributed by atoms with Gasteiger partial charge in [0.1, 0.15) is 16.8 Å². The van der Waals surface area contributed by atoms with Crippen LogP contribution >= 0.6 is 11.3 Å². The van der Waals surface area contributed by atoms with E-state index in [0.29, 0.717) is 23.1 Å². The van der Waals surface area contributed by atoms with Crippen LogP contribution in [0.25, 0.3) is 21.2 Å². The smallest absolute Gasteiger partial charge is 0.296 e. The Morgan fingerprint density at radius 1 is 1.10 bits per heavy atom. The van der Waals surface area contributed by atoms with E-state index in [1.54, 1.807) is 17.2 Å². The fourth-order valence-electron chi connectivity index (χ4n) is 3.40. The number of amides is 1. The van der Waals surface area contributed by atoms with Gasteiger partial charge in [0.15, 0.2) is 10.9 Å². The van der Waals surface area contributed by atoms with Gasteiger partial charge in [-0.1, -0.05) is 41.7 Å². The third-order valence-corrected chi connectivity index (χ3v) is 5.87. The fourth-order valence-corrected chi connectivity index (χ4v) is 4.38. The Morgan fingerprint density at radius 2 is 1.97 bits per heavy atom. The number of aromatic nitrogens is 2. The SMILES string of the molecule is CCOc1cccc2sc(N(Cc3ccccn3)C(=O)c3cc4ccccc4o3)nc12. The number of para-hydroxylation sites is 2. The number of hydrogen-bond acceptors (Lipinski definition) is 6. The highest BCUT2D eigenvalue weighted by Crippen LogP contribution is 2.35. The van der Waals surface area contributed by atoms with E-state index in [1.165, 1.54) is 11.3 Å². The first kappa shape index (κ1) is 19.3. The van der Waals surface area contributed by atoms with Crippen LogP contribution in [0.1, 0.15) is 23.2 Å². The Bertz CT molecular complexity index is 1330. The maximum Gasteiger partial charge on any atom is 0.296 e. The highest BCUT2D eigenvalue weighted by atomic mass is 32.1. The van der Waals surface area contributed by atoms with Crippen molar-refractivity contribution < 1.29 is 13.9 Å². The van der Waals surface area contributed by atoms with Gasteiger partial charge < -0.3 is 9.15 Å². The molecule has 0 saturated heterocycles. The lowest BCUT2D eigenvalue weighted by Crippen LogP contribution is -2.30. The molecule has 3 aromatic heterocycles. The Balaban J connectivity index is 1.59. The van der Waals surface area contributed by atoms with Crippen LogP contribution in [0.2, 0.25) is 0 Å². The van der Waals surface area contributed by atoms with Gasteiger partial charge in [-0.05, 0) is 43.3 Å². The maximum absolute atomic E-state index is 13.5. The molecule has 7 heteroatoms. The number of furan rings is 1. The van der Waals surface area contributed by atoms with Gasteiger partial charge in [0.2, 0.25) is 0 Å². The van der Waals surface area contributed by atoms with Gasteiger partial charge in [-0.2, -0.15) is 0 Å². The summed E-state index contributed by atoms with van der Waals surface area (Å²) in [6.07, 6.45) is 1.71. The predicted octanol–water partition coefficient (Wildman–Crippen LogP) is 5.68. The zero-order chi connectivity index (χ0) is 21.2. The number of benzene rings is 2. The summed E-state index contributed by atoms with van der Waals surface area (Å²) in [6.45, 7) is 2.76. The van der Waals surface area contributed by atoms with Crippen LogP contribution in [-0.2, 0) is 6.54 Å². The van der Waals surface area contributed by atoms with E-state index in [0.717, 1.165) is 21.3 Å². The van der Waals surface area contributed by atoms with Crippen molar-refractivity contribution >= 4 is 43.6 Å². The van der Waals surface area contributed by atoms with Gasteiger partial charge >= 0.3 is 0 Å². The average molecular weight is 430 g/mol. The molecular weight excluding hydrogens is 410 g/mol. The number of carbonyl (C=O) groups is 1. The summed E-state index contributed by atoms with van der Waals surface area (Å²) in [4.78, 5) is 24.3. The fraction of sp³-hybridized carbons (Fsp3) is 0.125. The molecular formula is C24H19N3O3S. The molecule has 0 aliphatic carbocycles. The lowest BCUT2D eigenvalue weighted by Gasteiger charge is -2.18. The van der Waals surface area contributed by atoms with E-state index in [1.807, 2.05) is 67.6 Å². The first-order chi connectivity index (χ1) is 15.2. The quantitative estimate of drug-likeness (QED) is 0.347. The number of fused-ring (bicyclic) bond motifs is 2. The highest BCUT2D eigenvalue weighted by Gasteiger charge is 2.25. The molecule has 1 amide bonds. The van der Waals surface area contributed by atoms with Gasteiger partial charge in [-0.3, -0.25) is 14.7 Å². The molecule has 0 unspecified atom stereocenters. The predicted molar refractivity (Wildman–Crippen MR) is 122 cm³/mol. The van der Waals surface area contributed by atoms with E-state index in [-0.39, 0.29) is 18.2 Å². The molecule has 0 bridgehead atoms. The molecule has 6 nitrogen and oxygen atoms in total. The Kier molecular flexibility index (Phi) is 5.09. The first-order valence-corrected chi connectivity index (χ1v) is 10.8. The topological polar surface area (TPSA) is 68.5 Å². The number of pyridine rings is 1. The van der Waals surface area contributed by atoms with Crippen molar-refractivity contribution in [1.82, 2.24) is 9.97 Å². The lowest BCUT2D eigenvalue weighted by molar-refractivity contribution is 0.0960. The van der Waals surface area contributed by atoms with Crippen LogP contribution in [0.15, 0.2) is 77.3 Å². The van der Waals surface area contributed by atoms with Crippen LogP contribution in [0.4, 0.5) is 5.13 Å². The molecule has 0 aliphatic heterocycles. The molecule has 5 rings (SSSR count). The van der Waals surface area contributed by atoms with E-state index in [4.69, 9.17) is 14.1 Å². The van der Waals surface area contributed by atoms with E-state index in [2.05, 4.69) is 4.98 Å². The molecule has 5 aromatic rings. The minimum absolute atomic E-state index is 0.265. The molecule has 0 atom stereocenters. The largest absolute Gasteiger partial charge is 0.492 e. The third kappa shape index (κ3) is 3.75. The van der Waals surface area contributed by atoms with Crippen molar-refractivity contribution in [3.63, 3.8) is 0 Å². The summed E-state index contributed by atoms with van der Waals surface area (Å²) in [6, 6.07) is 20.8. The van der Waals surface area contributed by atoms with Gasteiger partial charge in [0, 0.05) is 11.6 Å². The third-order valence-electron chi connectivity index (χ3n) is 4.83. The van der Waals surface area contributed by atoms with E-state index < -0.39 is 0 Å². The molecule has 0 spiro atoms. The second-order valence-electron chi connectivity index (χ2n) is 6.89. The molecule has 31 heavy (non-hydrogen) atoms. The summed E-state index contributed by atoms with van der Waals surface area (Å²) in [5.41, 5.74) is 2.18. The van der Waals surface area contributed by atoms with Crippen LogP contribution in [0.5, 0.6) is 5.75 Å². The van der Waals surface area contributed by atoms with Crippen molar-refractivity contribution in [2.45, 2.75) is 13.5 Å². The zero-order valence-electron chi connectivity index (χ0n) is 16.8. The number of hydrogen-bond donors (Lipinski definition) is 0. The van der Waals surface area contributed by atoms with Crippen molar-refractivity contribution in [3.8, 4) is 5.75 Å². The lowest BCUT2D eigenvalue weighted by atomic mass is 10.2. The number of rotatable bonds is 6. The summed E-state index contributed by atoms with van der Waals surface area (Å²) in [5.74, 6) is 0.705. The molecule has 3 heterocycles. The maximum atomic E-state index is 13.5. The Labute approximate surface area is 182 Å². The van der Waals surface area contributed by atoms with Crippen LogP contribution in [0, 0.1) is 0 Å². The minimum Gasteiger partial charge on any atom is -0.492 e. The molecule has 2 aromatic carbocycles. The number of nitrogens with zero attached hydrogens (tertiary/aromatic N) is 3. The first-order valence-electron chi connectivity index (χ1n) is 9.95. The Morgan fingerprint density at radius 3 is 2.77 bits per heavy atom. The second kappa shape index (κ2) is 8.20. The molecule has 0 aliphatic rings. The van der Waals surface area contributed by atoms with Crippen LogP contribution < -0.4 is 9.64 Å². The van der Waals surface area contributed by atoms with Crippen LogP contribution in [0.3, 0.4) is 0 Å². The highest BCUT2D eigenvalue weighted by molar-refractivity contribution is 7.22. The normalized spacial score (nSPS) is 11.1. The molecule has 154 valence electrons. The summed E-state index contributed by atoms with van der Waals surface area (Å²) >= 11 is 1.44. The molecule has 0 radical (unpaired) electrons. The minimum atomic E-state index is -0.265. The van der Waals surface area contributed by atoms with Gasteiger partial charge in [-0.15, -0.1) is 0 Å². The van der Waals surface area contributed by atoms with Crippen molar-refractivity contribution in [2.24, 2.45) is 0 Å². The van der Waals surface area contributed by atoms with Crippen molar-refractivity contribution in [3.05, 3.63) is 84.4 Å². The second-order valence-corrected chi connectivity index (χ2v) is 7.90. The van der Waals surface area contributed by atoms with Crippen LogP contribution in [-0.4, -0.2) is 22.5 Å². The van der Waals surface area contributed by atoms with E-state index >= 15 is 0 Å². The summed E-state index contributed by atoms with van der Waals surface area (Å²) < 4.78 is 12.5. The Hall–Kier alpha value is -3.71. The number of ether oxygens (including phenoxy) is 1. The summed E-state index contributed by atoms with van der Waals surface area (Å²) in [5, 5.41) is 1.45. The van der Waals surface area contributed by atoms with Gasteiger partial charge in [0.25, 0.3) is 5.91 Å². The number of carbonyl (C=O) groups excluding carboxylic acids is 1. The van der Waals surface area contributed by atoms with Crippen molar-refractivity contribution in [1.29, 1.82) is 0 Å². The van der Waals surface area contributed by atoms with Gasteiger partial charge in [-0.25, -0.2) is 4.98 Å². The molecule has 0 N–H and O–H groups in total. The number of thiazole rings is 1. The zero-order valence-corrected chi connectivity index (χ0v) is 17.6. The van der Waals surface area contributed by atoms with Gasteiger partial charge in [0.05, 0.1) is 23.5 Å². The monoisotopic (exact) mass is 429 g/mol. The summed E-state index contributed by atoms with van der Waals surface area (Å²) in [7, 11) is 0. The molecule has 0 saturated carbocycles. The standard InChI is InChI=1S/C24H19N3O3S/c1-2-29-19-11-7-12-21-22(19)26-24(31-21)27(15-17-9-5-6-13-25-17)23(28)20-14-16-8-3-4-10-18(16)30-20/h3-14H,2,15H2,1H3. The molecule has 0 fully saturated rings. The van der Waals surface area contributed by atoms with E-state index in [9.17, 15) is 4.79 Å².